The van der Waals surface area contributed by atoms with Gasteiger partial charge in [0.1, 0.15) is 6.04 Å². The second-order valence-corrected chi connectivity index (χ2v) is 7.45. The largest absolute Gasteiger partial charge is 0.324 e. The van der Waals surface area contributed by atoms with Gasteiger partial charge in [0.25, 0.3) is 11.8 Å². The van der Waals surface area contributed by atoms with E-state index in [0.717, 1.165) is 15.1 Å². The molecule has 3 amide bonds. The molecule has 1 aromatic heterocycles. The van der Waals surface area contributed by atoms with Crippen LogP contribution < -0.4 is 15.8 Å². The summed E-state index contributed by atoms with van der Waals surface area (Å²) in [6.07, 6.45) is 3.80. The number of nitrogens with zero attached hydrogens (tertiary/aromatic N) is 2. The molecule has 0 radical (unpaired) electrons. The number of hydrazine groups is 1. The molecule has 2 N–H and O–H groups in total. The molecule has 146 valence electrons. The zero-order valence-electron chi connectivity index (χ0n) is 15.2. The summed E-state index contributed by atoms with van der Waals surface area (Å²) in [4.78, 5) is 38.4. The molecular formula is C21H17BrN4O3. The lowest BCUT2D eigenvalue weighted by Crippen LogP contribution is -2.48. The highest BCUT2D eigenvalue weighted by Gasteiger charge is 2.39. The van der Waals surface area contributed by atoms with Crippen LogP contribution in [0.5, 0.6) is 0 Å². The fourth-order valence-corrected chi connectivity index (χ4v) is 3.39. The number of carbonyl (C=O) groups is 3. The van der Waals surface area contributed by atoms with Gasteiger partial charge in [0.05, 0.1) is 12.1 Å². The lowest BCUT2D eigenvalue weighted by atomic mass is 10.2. The van der Waals surface area contributed by atoms with Crippen LogP contribution in [0.25, 0.3) is 5.69 Å². The van der Waals surface area contributed by atoms with Crippen LogP contribution in [0.1, 0.15) is 16.8 Å². The lowest BCUT2D eigenvalue weighted by molar-refractivity contribution is -0.121. The van der Waals surface area contributed by atoms with Crippen molar-refractivity contribution in [2.75, 3.05) is 4.90 Å². The van der Waals surface area contributed by atoms with E-state index in [4.69, 9.17) is 0 Å². The average Bonchev–Trinajstić information content (AvgIpc) is 3.36. The fraction of sp³-hybridized carbons (Fsp3) is 0.0952. The van der Waals surface area contributed by atoms with E-state index in [1.165, 1.54) is 0 Å². The Hall–Kier alpha value is -3.23. The number of hydrogen-bond acceptors (Lipinski definition) is 4. The Morgan fingerprint density at radius 1 is 0.931 bits per heavy atom. The van der Waals surface area contributed by atoms with Gasteiger partial charge in [0, 0.05) is 28.1 Å². The highest BCUT2D eigenvalue weighted by Crippen LogP contribution is 2.24. The SMILES string of the molecule is O=C(NN[C@@H]1CC(=O)N(c2ccc(Br)cc2)C1=O)c1ccc(-n2cccc2)cc1. The monoisotopic (exact) mass is 452 g/mol. The van der Waals surface area contributed by atoms with Crippen LogP contribution in [0.3, 0.4) is 0 Å². The van der Waals surface area contributed by atoms with Crippen molar-refractivity contribution in [3.63, 3.8) is 0 Å². The zero-order chi connectivity index (χ0) is 20.4. The molecular weight excluding hydrogens is 436 g/mol. The molecule has 4 rings (SSSR count). The first-order chi connectivity index (χ1) is 14.0. The fourth-order valence-electron chi connectivity index (χ4n) is 3.12. The molecule has 0 spiro atoms. The molecule has 0 unspecified atom stereocenters. The van der Waals surface area contributed by atoms with Crippen LogP contribution in [0.15, 0.2) is 77.5 Å². The number of benzene rings is 2. The summed E-state index contributed by atoms with van der Waals surface area (Å²) in [5, 5.41) is 0. The van der Waals surface area contributed by atoms with E-state index in [9.17, 15) is 14.4 Å². The van der Waals surface area contributed by atoms with Crippen molar-refractivity contribution in [1.82, 2.24) is 15.4 Å². The molecule has 29 heavy (non-hydrogen) atoms. The van der Waals surface area contributed by atoms with Crippen LogP contribution in [0.4, 0.5) is 5.69 Å². The summed E-state index contributed by atoms with van der Waals surface area (Å²) >= 11 is 3.33. The number of rotatable bonds is 5. The van der Waals surface area contributed by atoms with E-state index in [1.54, 1.807) is 36.4 Å². The molecule has 3 aromatic rings. The van der Waals surface area contributed by atoms with Gasteiger partial charge in [-0.25, -0.2) is 10.3 Å². The third kappa shape index (κ3) is 3.98. The molecule has 1 saturated heterocycles. The molecule has 1 atom stereocenters. The van der Waals surface area contributed by atoms with E-state index in [0.29, 0.717) is 11.3 Å². The van der Waals surface area contributed by atoms with Crippen molar-refractivity contribution < 1.29 is 14.4 Å². The quantitative estimate of drug-likeness (QED) is 0.460. The van der Waals surface area contributed by atoms with E-state index < -0.39 is 11.9 Å². The van der Waals surface area contributed by atoms with Gasteiger partial charge in [-0.05, 0) is 60.7 Å². The summed E-state index contributed by atoms with van der Waals surface area (Å²) in [6.45, 7) is 0. The average molecular weight is 453 g/mol. The smallest absolute Gasteiger partial charge is 0.265 e. The first-order valence-electron chi connectivity index (χ1n) is 8.94. The standard InChI is InChI=1S/C21H17BrN4O3/c22-15-5-9-17(10-6-15)26-19(27)13-18(21(26)29)23-24-20(28)14-3-7-16(8-4-14)25-11-1-2-12-25/h1-12,18,23H,13H2,(H,24,28)/t18-/m1/s1. The molecule has 0 aliphatic carbocycles. The van der Waals surface area contributed by atoms with Gasteiger partial charge in [0.15, 0.2) is 0 Å². The Bertz CT molecular complexity index is 1050. The molecule has 0 saturated carbocycles. The van der Waals surface area contributed by atoms with Crippen molar-refractivity contribution in [2.45, 2.75) is 12.5 Å². The molecule has 1 fully saturated rings. The summed E-state index contributed by atoms with van der Waals surface area (Å²) in [5.41, 5.74) is 7.08. The molecule has 2 heterocycles. The van der Waals surface area contributed by atoms with E-state index in [2.05, 4.69) is 26.8 Å². The molecule has 0 bridgehead atoms. The van der Waals surface area contributed by atoms with Gasteiger partial charge in [0.2, 0.25) is 5.91 Å². The first kappa shape index (κ1) is 19.1. The van der Waals surface area contributed by atoms with Crippen molar-refractivity contribution in [3.05, 3.63) is 83.1 Å². The minimum Gasteiger partial charge on any atom is -0.324 e. The number of imide groups is 1. The van der Waals surface area contributed by atoms with Gasteiger partial charge in [-0.3, -0.25) is 19.8 Å². The maximum absolute atomic E-state index is 12.6. The van der Waals surface area contributed by atoms with Crippen LogP contribution in [-0.4, -0.2) is 28.3 Å². The molecule has 2 aromatic carbocycles. The number of amides is 3. The Labute approximate surface area is 175 Å². The lowest BCUT2D eigenvalue weighted by Gasteiger charge is -2.16. The van der Waals surface area contributed by atoms with Gasteiger partial charge in [-0.15, -0.1) is 0 Å². The van der Waals surface area contributed by atoms with Crippen molar-refractivity contribution >= 4 is 39.3 Å². The predicted molar refractivity (Wildman–Crippen MR) is 111 cm³/mol. The Kier molecular flexibility index (Phi) is 5.28. The number of hydrogen-bond donors (Lipinski definition) is 2. The van der Waals surface area contributed by atoms with Crippen LogP contribution in [-0.2, 0) is 9.59 Å². The van der Waals surface area contributed by atoms with Crippen molar-refractivity contribution in [3.8, 4) is 5.69 Å². The zero-order valence-corrected chi connectivity index (χ0v) is 16.8. The number of halogens is 1. The Morgan fingerprint density at radius 2 is 1.55 bits per heavy atom. The number of anilines is 1. The maximum atomic E-state index is 12.6. The van der Waals surface area contributed by atoms with Crippen molar-refractivity contribution in [2.24, 2.45) is 0 Å². The van der Waals surface area contributed by atoms with E-state index in [1.807, 2.05) is 41.2 Å². The highest BCUT2D eigenvalue weighted by molar-refractivity contribution is 9.10. The Balaban J connectivity index is 1.38. The topological polar surface area (TPSA) is 83.4 Å². The predicted octanol–water partition coefficient (Wildman–Crippen LogP) is 2.81. The Morgan fingerprint density at radius 3 is 2.21 bits per heavy atom. The van der Waals surface area contributed by atoms with Crippen molar-refractivity contribution in [1.29, 1.82) is 0 Å². The number of carbonyl (C=O) groups excluding carboxylic acids is 3. The molecule has 1 aliphatic heterocycles. The van der Waals surface area contributed by atoms with Gasteiger partial charge >= 0.3 is 0 Å². The molecule has 1 aliphatic rings. The van der Waals surface area contributed by atoms with E-state index in [-0.39, 0.29) is 18.2 Å². The summed E-state index contributed by atoms with van der Waals surface area (Å²) in [7, 11) is 0. The summed E-state index contributed by atoms with van der Waals surface area (Å²) in [6, 6.07) is 17.0. The van der Waals surface area contributed by atoms with Crippen LogP contribution >= 0.6 is 15.9 Å². The first-order valence-corrected chi connectivity index (χ1v) is 9.74. The second kappa shape index (κ2) is 8.02. The van der Waals surface area contributed by atoms with Crippen LogP contribution in [0.2, 0.25) is 0 Å². The minimum atomic E-state index is -0.811. The third-order valence-electron chi connectivity index (χ3n) is 4.62. The minimum absolute atomic E-state index is 0.0260. The maximum Gasteiger partial charge on any atom is 0.265 e. The summed E-state index contributed by atoms with van der Waals surface area (Å²) < 4.78 is 2.78. The second-order valence-electron chi connectivity index (χ2n) is 6.54. The highest BCUT2D eigenvalue weighted by atomic mass is 79.9. The summed E-state index contributed by atoms with van der Waals surface area (Å²) in [5.74, 6) is -1.10. The van der Waals surface area contributed by atoms with Crippen LogP contribution in [0, 0.1) is 0 Å². The van der Waals surface area contributed by atoms with E-state index >= 15 is 0 Å². The number of nitrogens with one attached hydrogen (secondary N) is 2. The number of aromatic nitrogens is 1. The third-order valence-corrected chi connectivity index (χ3v) is 5.15. The van der Waals surface area contributed by atoms with Gasteiger partial charge in [-0.2, -0.15) is 0 Å². The molecule has 8 heteroatoms. The molecule has 7 nitrogen and oxygen atoms in total. The van der Waals surface area contributed by atoms with Gasteiger partial charge < -0.3 is 4.57 Å². The van der Waals surface area contributed by atoms with Gasteiger partial charge in [-0.1, -0.05) is 15.9 Å². The normalized spacial score (nSPS) is 16.3.